The van der Waals surface area contributed by atoms with Gasteiger partial charge >= 0.3 is 0 Å². The molecule has 1 unspecified atom stereocenters. The number of fused-ring (bicyclic) bond motifs is 4. The number of allylic oxidation sites excluding steroid dienone is 1. The number of rotatable bonds is 5. The molecule has 5 aliphatic rings. The highest BCUT2D eigenvalue weighted by atomic mass is 16.5. The molecule has 2 amide bonds. The zero-order valence-electron chi connectivity index (χ0n) is 19.4. The number of carbonyl (C=O) groups is 2. The van der Waals surface area contributed by atoms with E-state index in [1.807, 2.05) is 0 Å². The van der Waals surface area contributed by atoms with Crippen molar-refractivity contribution in [1.82, 2.24) is 14.7 Å². The summed E-state index contributed by atoms with van der Waals surface area (Å²) in [5, 5.41) is 10.4. The minimum absolute atomic E-state index is 0.00482. The summed E-state index contributed by atoms with van der Waals surface area (Å²) in [6.07, 6.45) is 10.4. The molecular formula is C25H37N3O4. The zero-order valence-corrected chi connectivity index (χ0v) is 19.4. The molecule has 1 aliphatic carbocycles. The Labute approximate surface area is 191 Å². The Balaban J connectivity index is 1.48. The van der Waals surface area contributed by atoms with Gasteiger partial charge in [-0.05, 0) is 50.0 Å². The zero-order chi connectivity index (χ0) is 22.4. The summed E-state index contributed by atoms with van der Waals surface area (Å²) in [4.78, 5) is 33.2. The monoisotopic (exact) mass is 443 g/mol. The summed E-state index contributed by atoms with van der Waals surface area (Å²) in [5.74, 6) is 0.341. The summed E-state index contributed by atoms with van der Waals surface area (Å²) in [5.41, 5.74) is 2.08. The van der Waals surface area contributed by atoms with Crippen LogP contribution in [0, 0.1) is 17.8 Å². The van der Waals surface area contributed by atoms with Gasteiger partial charge in [0.15, 0.2) is 0 Å². The van der Waals surface area contributed by atoms with Crippen molar-refractivity contribution in [3.05, 3.63) is 23.3 Å². The first-order valence-corrected chi connectivity index (χ1v) is 12.4. The molecule has 7 heteroatoms. The number of ether oxygens (including phenoxy) is 1. The maximum atomic E-state index is 13.6. The molecule has 176 valence electrons. The lowest BCUT2D eigenvalue weighted by Crippen LogP contribution is -2.64. The standard InChI is InChI=1S/C25H37N3O4/c1-26(2)25(31)22-19(15-29)21-14-28-20(8-7-18(24(28)30)17-5-3-4-6-17)23(22)27(21)13-16-9-11-32-12-10-16/h5,7,16,19-23,29H,3-4,6,8-15H2,1-2H3/t19-,20?,21-,22+,23+/m1/s1. The van der Waals surface area contributed by atoms with E-state index >= 15 is 0 Å². The third-order valence-electron chi connectivity index (χ3n) is 8.50. The van der Waals surface area contributed by atoms with E-state index in [4.69, 9.17) is 4.74 Å². The van der Waals surface area contributed by atoms with Gasteiger partial charge in [0, 0.05) is 70.6 Å². The largest absolute Gasteiger partial charge is 0.396 e. The predicted molar refractivity (Wildman–Crippen MR) is 121 cm³/mol. The van der Waals surface area contributed by atoms with Crippen LogP contribution in [0.4, 0.5) is 0 Å². The molecule has 2 bridgehead atoms. The van der Waals surface area contributed by atoms with E-state index in [1.54, 1.807) is 19.0 Å². The third kappa shape index (κ3) is 3.62. The molecule has 0 saturated carbocycles. The Kier molecular flexibility index (Phi) is 6.16. The van der Waals surface area contributed by atoms with Crippen LogP contribution >= 0.6 is 0 Å². The van der Waals surface area contributed by atoms with Gasteiger partial charge in [-0.2, -0.15) is 0 Å². The highest BCUT2D eigenvalue weighted by molar-refractivity contribution is 5.99. The van der Waals surface area contributed by atoms with Crippen LogP contribution in [-0.4, -0.2) is 96.8 Å². The molecule has 0 radical (unpaired) electrons. The van der Waals surface area contributed by atoms with Gasteiger partial charge in [-0.3, -0.25) is 14.5 Å². The number of piperazine rings is 1. The molecule has 5 rings (SSSR count). The minimum atomic E-state index is -0.275. The molecular weight excluding hydrogens is 406 g/mol. The van der Waals surface area contributed by atoms with Crippen molar-refractivity contribution in [3.8, 4) is 0 Å². The van der Waals surface area contributed by atoms with Crippen molar-refractivity contribution < 1.29 is 19.4 Å². The summed E-state index contributed by atoms with van der Waals surface area (Å²) in [6, 6.07) is -0.0170. The molecule has 5 atom stereocenters. The normalized spacial score (nSPS) is 35.5. The minimum Gasteiger partial charge on any atom is -0.396 e. The first-order chi connectivity index (χ1) is 15.5. The van der Waals surface area contributed by atoms with Crippen molar-refractivity contribution in [2.24, 2.45) is 17.8 Å². The number of hydrogen-bond acceptors (Lipinski definition) is 5. The lowest BCUT2D eigenvalue weighted by molar-refractivity contribution is -0.141. The maximum absolute atomic E-state index is 13.6. The van der Waals surface area contributed by atoms with Crippen molar-refractivity contribution >= 4 is 11.8 Å². The van der Waals surface area contributed by atoms with Gasteiger partial charge in [-0.25, -0.2) is 0 Å². The molecule has 4 aliphatic heterocycles. The Morgan fingerprint density at radius 3 is 2.66 bits per heavy atom. The Morgan fingerprint density at radius 1 is 1.22 bits per heavy atom. The fraction of sp³-hybridized carbons (Fsp3) is 0.760. The number of aliphatic hydroxyl groups is 1. The first kappa shape index (κ1) is 22.1. The van der Waals surface area contributed by atoms with Crippen molar-refractivity contribution in [2.45, 2.75) is 56.7 Å². The third-order valence-corrected chi connectivity index (χ3v) is 8.50. The van der Waals surface area contributed by atoms with Gasteiger partial charge in [0.1, 0.15) is 0 Å². The summed E-state index contributed by atoms with van der Waals surface area (Å²) in [7, 11) is 3.60. The van der Waals surface area contributed by atoms with E-state index in [-0.39, 0.29) is 48.4 Å². The fourth-order valence-corrected chi connectivity index (χ4v) is 6.90. The maximum Gasteiger partial charge on any atom is 0.254 e. The second-order valence-electron chi connectivity index (χ2n) is 10.4. The molecule has 0 aromatic heterocycles. The second-order valence-corrected chi connectivity index (χ2v) is 10.4. The number of carbonyl (C=O) groups excluding carboxylic acids is 2. The average molecular weight is 444 g/mol. The van der Waals surface area contributed by atoms with Crippen LogP contribution in [0.1, 0.15) is 38.5 Å². The molecule has 4 heterocycles. The van der Waals surface area contributed by atoms with Crippen LogP contribution in [0.25, 0.3) is 0 Å². The molecule has 32 heavy (non-hydrogen) atoms. The fourth-order valence-electron chi connectivity index (χ4n) is 6.90. The number of amides is 2. The second kappa shape index (κ2) is 8.92. The van der Waals surface area contributed by atoms with Crippen LogP contribution in [0.5, 0.6) is 0 Å². The van der Waals surface area contributed by atoms with Gasteiger partial charge in [0.05, 0.1) is 12.0 Å². The number of nitrogens with zero attached hydrogens (tertiary/aromatic N) is 3. The van der Waals surface area contributed by atoms with E-state index in [2.05, 4.69) is 22.0 Å². The molecule has 0 aromatic rings. The first-order valence-electron chi connectivity index (χ1n) is 12.4. The lowest BCUT2D eigenvalue weighted by Gasteiger charge is -2.50. The highest BCUT2D eigenvalue weighted by Crippen LogP contribution is 2.47. The lowest BCUT2D eigenvalue weighted by atomic mass is 9.83. The molecule has 7 nitrogen and oxygen atoms in total. The summed E-state index contributed by atoms with van der Waals surface area (Å²) in [6.45, 7) is 3.11. The van der Waals surface area contributed by atoms with Crippen LogP contribution in [0.2, 0.25) is 0 Å². The van der Waals surface area contributed by atoms with E-state index in [1.165, 1.54) is 5.57 Å². The van der Waals surface area contributed by atoms with E-state index < -0.39 is 0 Å². The molecule has 0 spiro atoms. The predicted octanol–water partition coefficient (Wildman–Crippen LogP) is 1.43. The van der Waals surface area contributed by atoms with Gasteiger partial charge < -0.3 is 19.6 Å². The van der Waals surface area contributed by atoms with E-state index in [0.717, 1.165) is 63.9 Å². The van der Waals surface area contributed by atoms with Gasteiger partial charge in [-0.1, -0.05) is 12.2 Å². The van der Waals surface area contributed by atoms with Crippen LogP contribution in [-0.2, 0) is 14.3 Å². The molecule has 3 fully saturated rings. The van der Waals surface area contributed by atoms with Crippen molar-refractivity contribution in [3.63, 3.8) is 0 Å². The Morgan fingerprint density at radius 2 is 2.00 bits per heavy atom. The van der Waals surface area contributed by atoms with E-state index in [9.17, 15) is 14.7 Å². The number of hydrogen-bond donors (Lipinski definition) is 1. The molecule has 3 saturated heterocycles. The molecule has 0 aromatic carbocycles. The molecule has 1 N–H and O–H groups in total. The summed E-state index contributed by atoms with van der Waals surface area (Å²) >= 11 is 0. The highest BCUT2D eigenvalue weighted by Gasteiger charge is 2.60. The van der Waals surface area contributed by atoms with Crippen molar-refractivity contribution in [1.29, 1.82) is 0 Å². The average Bonchev–Trinajstić information content (AvgIpc) is 3.39. The van der Waals surface area contributed by atoms with Gasteiger partial charge in [-0.15, -0.1) is 0 Å². The Hall–Kier alpha value is -1.70. The van der Waals surface area contributed by atoms with Gasteiger partial charge in [0.25, 0.3) is 5.91 Å². The van der Waals surface area contributed by atoms with Crippen LogP contribution < -0.4 is 0 Å². The number of aliphatic hydroxyl groups excluding tert-OH is 1. The Bertz CT molecular complexity index is 816. The van der Waals surface area contributed by atoms with Crippen LogP contribution in [0.3, 0.4) is 0 Å². The van der Waals surface area contributed by atoms with E-state index in [0.29, 0.717) is 12.5 Å². The van der Waals surface area contributed by atoms with Gasteiger partial charge in [0.2, 0.25) is 5.91 Å². The van der Waals surface area contributed by atoms with Crippen molar-refractivity contribution in [2.75, 3.05) is 47.0 Å². The summed E-state index contributed by atoms with van der Waals surface area (Å²) < 4.78 is 5.57. The quantitative estimate of drug-likeness (QED) is 0.696. The smallest absolute Gasteiger partial charge is 0.254 e. The topological polar surface area (TPSA) is 73.3 Å². The SMILES string of the molecule is CN(C)C(=O)[C@H]1[C@H](CO)[C@H]2CN3C(=O)C(C4=CCCC4)=CCC3[C@@H]1N2CC1CCOCC1. The van der Waals surface area contributed by atoms with Crippen LogP contribution in [0.15, 0.2) is 23.3 Å².